The summed E-state index contributed by atoms with van der Waals surface area (Å²) in [6, 6.07) is 2.11. The van der Waals surface area contributed by atoms with E-state index in [9.17, 15) is 4.79 Å². The molecule has 0 saturated carbocycles. The van der Waals surface area contributed by atoms with Crippen molar-refractivity contribution < 1.29 is 9.53 Å². The predicted molar refractivity (Wildman–Crippen MR) is 81.2 cm³/mol. The Bertz CT molecular complexity index is 496. The van der Waals surface area contributed by atoms with Gasteiger partial charge in [-0.15, -0.1) is 0 Å². The Morgan fingerprint density at radius 3 is 2.81 bits per heavy atom. The van der Waals surface area contributed by atoms with E-state index in [1.807, 2.05) is 18.7 Å². The van der Waals surface area contributed by atoms with E-state index in [4.69, 9.17) is 4.74 Å². The molecule has 1 aromatic heterocycles. The van der Waals surface area contributed by atoms with Gasteiger partial charge in [0.25, 0.3) is 0 Å². The fraction of sp³-hybridized carbons (Fsp3) is 0.533. The van der Waals surface area contributed by atoms with Crippen molar-refractivity contribution in [2.45, 2.75) is 38.8 Å². The minimum Gasteiger partial charge on any atom is -0.475 e. The molecule has 2 heterocycles. The Balaban J connectivity index is 1.88. The summed E-state index contributed by atoms with van der Waals surface area (Å²) in [7, 11) is 0. The number of ether oxygens (including phenoxy) is 1. The molecule has 6 nitrogen and oxygen atoms in total. The molecule has 1 amide bonds. The third-order valence-electron chi connectivity index (χ3n) is 3.33. The topological polar surface area (TPSA) is 67.4 Å². The lowest BCUT2D eigenvalue weighted by Gasteiger charge is -2.32. The summed E-state index contributed by atoms with van der Waals surface area (Å²) in [5, 5.41) is 3.38. The first-order valence-corrected chi connectivity index (χ1v) is 7.25. The van der Waals surface area contributed by atoms with Crippen molar-refractivity contribution in [1.29, 1.82) is 0 Å². The van der Waals surface area contributed by atoms with Gasteiger partial charge in [-0.25, -0.2) is 9.97 Å². The van der Waals surface area contributed by atoms with Crippen LogP contribution in [0.1, 0.15) is 26.7 Å². The molecule has 0 unspecified atom stereocenters. The molecule has 0 aromatic carbocycles. The number of rotatable bonds is 5. The summed E-state index contributed by atoms with van der Waals surface area (Å²) in [5.41, 5.74) is 0. The molecule has 0 spiro atoms. The molecule has 114 valence electrons. The maximum Gasteiger partial charge on any atom is 0.245 e. The quantitative estimate of drug-likeness (QED) is 0.838. The summed E-state index contributed by atoms with van der Waals surface area (Å²) < 4.78 is 5.55. The Labute approximate surface area is 125 Å². The van der Waals surface area contributed by atoms with E-state index in [1.165, 1.54) is 12.4 Å². The normalized spacial score (nSPS) is 15.9. The lowest BCUT2D eigenvalue weighted by atomic mass is 10.1. The number of hydrogen-bond acceptors (Lipinski definition) is 5. The minimum atomic E-state index is 0.00288. The Morgan fingerprint density at radius 1 is 1.48 bits per heavy atom. The highest BCUT2D eigenvalue weighted by Crippen LogP contribution is 2.18. The van der Waals surface area contributed by atoms with Crippen LogP contribution in [0.15, 0.2) is 25.0 Å². The van der Waals surface area contributed by atoms with Gasteiger partial charge < -0.3 is 15.0 Å². The van der Waals surface area contributed by atoms with Gasteiger partial charge in [0.05, 0.1) is 6.10 Å². The van der Waals surface area contributed by atoms with Crippen molar-refractivity contribution in [3.05, 3.63) is 25.0 Å². The van der Waals surface area contributed by atoms with Gasteiger partial charge in [0.1, 0.15) is 12.1 Å². The fourth-order valence-electron chi connectivity index (χ4n) is 2.31. The molecular formula is C15H22N4O2. The zero-order chi connectivity index (χ0) is 15.2. The second kappa shape index (κ2) is 7.06. The zero-order valence-corrected chi connectivity index (χ0v) is 12.6. The third kappa shape index (κ3) is 4.44. The van der Waals surface area contributed by atoms with Crippen LogP contribution in [0.25, 0.3) is 0 Å². The highest BCUT2D eigenvalue weighted by molar-refractivity contribution is 5.87. The van der Waals surface area contributed by atoms with Crippen LogP contribution in [0.4, 0.5) is 5.82 Å². The first-order chi connectivity index (χ1) is 10.1. The van der Waals surface area contributed by atoms with Gasteiger partial charge in [0.15, 0.2) is 0 Å². The van der Waals surface area contributed by atoms with Gasteiger partial charge in [-0.2, -0.15) is 0 Å². The summed E-state index contributed by atoms with van der Waals surface area (Å²) in [6.45, 7) is 8.92. The molecule has 1 N–H and O–H groups in total. The summed E-state index contributed by atoms with van der Waals surface area (Å²) in [6.07, 6.45) is 4.73. The lowest BCUT2D eigenvalue weighted by molar-refractivity contribution is -0.126. The Morgan fingerprint density at radius 2 is 2.19 bits per heavy atom. The van der Waals surface area contributed by atoms with Crippen LogP contribution in [0.2, 0.25) is 0 Å². The molecule has 0 atom stereocenters. The molecular weight excluding hydrogens is 268 g/mol. The number of anilines is 1. The van der Waals surface area contributed by atoms with Crippen LogP contribution < -0.4 is 10.1 Å². The van der Waals surface area contributed by atoms with Gasteiger partial charge in [0.2, 0.25) is 11.8 Å². The van der Waals surface area contributed by atoms with Crippen LogP contribution >= 0.6 is 0 Å². The summed E-state index contributed by atoms with van der Waals surface area (Å²) >= 11 is 0. The monoisotopic (exact) mass is 290 g/mol. The van der Waals surface area contributed by atoms with Crippen molar-refractivity contribution >= 4 is 11.7 Å². The molecule has 0 radical (unpaired) electrons. The lowest BCUT2D eigenvalue weighted by Crippen LogP contribution is -2.41. The van der Waals surface area contributed by atoms with Gasteiger partial charge in [-0.05, 0) is 32.8 Å². The van der Waals surface area contributed by atoms with Gasteiger partial charge >= 0.3 is 0 Å². The molecule has 6 heteroatoms. The standard InChI is InChI=1S/C15H22N4O2/c1-4-15(20)19-7-5-12(6-8-19)18-13-9-14(17-10-16-13)21-11(2)3/h4,9-12H,1,5-8H2,2-3H3,(H,16,17,18). The average Bonchev–Trinajstić information content (AvgIpc) is 2.47. The fourth-order valence-corrected chi connectivity index (χ4v) is 2.31. The number of nitrogens with one attached hydrogen (secondary N) is 1. The largest absolute Gasteiger partial charge is 0.475 e. The van der Waals surface area contributed by atoms with Gasteiger partial charge in [0, 0.05) is 25.2 Å². The maximum atomic E-state index is 11.5. The maximum absolute atomic E-state index is 11.5. The van der Waals surface area contributed by atoms with E-state index in [0.29, 0.717) is 11.9 Å². The second-order valence-electron chi connectivity index (χ2n) is 5.36. The van der Waals surface area contributed by atoms with Crippen molar-refractivity contribution in [3.8, 4) is 5.88 Å². The van der Waals surface area contributed by atoms with Crippen LogP contribution in [-0.4, -0.2) is 46.0 Å². The number of carbonyl (C=O) groups is 1. The molecule has 1 aliphatic heterocycles. The third-order valence-corrected chi connectivity index (χ3v) is 3.33. The number of hydrogen-bond donors (Lipinski definition) is 1. The van der Waals surface area contributed by atoms with Crippen molar-refractivity contribution in [3.63, 3.8) is 0 Å². The van der Waals surface area contributed by atoms with Crippen molar-refractivity contribution in [1.82, 2.24) is 14.9 Å². The Hall–Kier alpha value is -2.11. The van der Waals surface area contributed by atoms with Crippen LogP contribution in [-0.2, 0) is 4.79 Å². The van der Waals surface area contributed by atoms with Crippen molar-refractivity contribution in [2.75, 3.05) is 18.4 Å². The molecule has 1 aromatic rings. The van der Waals surface area contributed by atoms with Crippen LogP contribution in [0, 0.1) is 0 Å². The van der Waals surface area contributed by atoms with E-state index in [-0.39, 0.29) is 12.0 Å². The SMILES string of the molecule is C=CC(=O)N1CCC(Nc2cc(OC(C)C)ncn2)CC1. The number of aromatic nitrogens is 2. The predicted octanol–water partition coefficient (Wildman–Crippen LogP) is 1.85. The molecule has 0 bridgehead atoms. The van der Waals surface area contributed by atoms with E-state index in [1.54, 1.807) is 6.07 Å². The first-order valence-electron chi connectivity index (χ1n) is 7.25. The minimum absolute atomic E-state index is 0.00288. The van der Waals surface area contributed by atoms with Gasteiger partial charge in [-0.3, -0.25) is 4.79 Å². The summed E-state index contributed by atoms with van der Waals surface area (Å²) in [5.74, 6) is 1.33. The number of nitrogens with zero attached hydrogens (tertiary/aromatic N) is 3. The number of likely N-dealkylation sites (tertiary alicyclic amines) is 1. The molecule has 1 fully saturated rings. The molecule has 21 heavy (non-hydrogen) atoms. The molecule has 1 aliphatic rings. The van der Waals surface area contributed by atoms with E-state index in [0.717, 1.165) is 31.7 Å². The van der Waals surface area contributed by atoms with E-state index >= 15 is 0 Å². The molecule has 2 rings (SSSR count). The highest BCUT2D eigenvalue weighted by atomic mass is 16.5. The smallest absolute Gasteiger partial charge is 0.245 e. The second-order valence-corrected chi connectivity index (χ2v) is 5.36. The van der Waals surface area contributed by atoms with Gasteiger partial charge in [-0.1, -0.05) is 6.58 Å². The first kappa shape index (κ1) is 15.3. The average molecular weight is 290 g/mol. The van der Waals surface area contributed by atoms with Crippen molar-refractivity contribution in [2.24, 2.45) is 0 Å². The van der Waals surface area contributed by atoms with Crippen LogP contribution in [0.3, 0.4) is 0 Å². The molecule has 1 saturated heterocycles. The Kier molecular flexibility index (Phi) is 5.14. The highest BCUT2D eigenvalue weighted by Gasteiger charge is 2.21. The number of piperidine rings is 1. The van der Waals surface area contributed by atoms with Crippen LogP contribution in [0.5, 0.6) is 5.88 Å². The molecule has 0 aliphatic carbocycles. The van der Waals surface area contributed by atoms with E-state index in [2.05, 4.69) is 21.9 Å². The number of carbonyl (C=O) groups excluding carboxylic acids is 1. The van der Waals surface area contributed by atoms with E-state index < -0.39 is 0 Å². The zero-order valence-electron chi connectivity index (χ0n) is 12.6. The summed E-state index contributed by atoms with van der Waals surface area (Å²) in [4.78, 5) is 21.6. The number of amides is 1.